The summed E-state index contributed by atoms with van der Waals surface area (Å²) in [7, 11) is 0. The molecule has 0 unspecified atom stereocenters. The predicted molar refractivity (Wildman–Crippen MR) is 149 cm³/mol. The molecule has 37 heavy (non-hydrogen) atoms. The second-order valence-corrected chi connectivity index (χ2v) is 9.16. The van der Waals surface area contributed by atoms with E-state index < -0.39 is 0 Å². The number of hydrogen-bond acceptors (Lipinski definition) is 3. The molecule has 3 nitrogen and oxygen atoms in total. The van der Waals surface area contributed by atoms with E-state index in [1.807, 2.05) is 68.5 Å². The van der Waals surface area contributed by atoms with Gasteiger partial charge in [0.05, 0.1) is 34.2 Å². The molecule has 0 spiro atoms. The molecule has 3 rings (SSSR count). The maximum Gasteiger partial charge on any atom is 2.00 e. The molecule has 1 heterocycles. The first-order valence-corrected chi connectivity index (χ1v) is 11.8. The predicted octanol–water partition coefficient (Wildman–Crippen LogP) is 2.90. The minimum absolute atomic E-state index is 0. The van der Waals surface area contributed by atoms with Gasteiger partial charge in [-0.2, -0.15) is 0 Å². The van der Waals surface area contributed by atoms with Crippen LogP contribution in [0, 0.1) is 0 Å². The van der Waals surface area contributed by atoms with Crippen LogP contribution in [-0.2, 0) is 17.1 Å². The second kappa shape index (κ2) is 15.7. The number of benzene rings is 2. The van der Waals surface area contributed by atoms with Gasteiger partial charge in [0.1, 0.15) is 0 Å². The fourth-order valence-corrected chi connectivity index (χ4v) is 3.83. The van der Waals surface area contributed by atoms with Gasteiger partial charge >= 0.3 is 17.1 Å². The number of hydrogen-bond donors (Lipinski definition) is 0. The molecule has 0 N–H and O–H groups in total. The number of aliphatic imine (C=N–C) groups is 2. The summed E-state index contributed by atoms with van der Waals surface area (Å²) in [5.74, 6) is 0.704. The molecule has 0 aliphatic carbocycles. The quantitative estimate of drug-likeness (QED) is 0.301. The standard InChI is InChI=1S/C31H35N3.2ClH.Fe/c1-9-24-14-16-26(17-15-24)32-22(7)29-12-11-13-30(34-29)23(8)33-31-27(20(3)4)18-25(10-2)19-28(31)21(5)6;;;/h9-21H,1-2H2,3-8H3;2*1H;/q;;;+2/p-2/b32-22+,33-23+;;;. The van der Waals surface area contributed by atoms with E-state index in [2.05, 4.69) is 53.0 Å². The maximum absolute atomic E-state index is 5.12. The van der Waals surface area contributed by atoms with Crippen LogP contribution >= 0.6 is 0 Å². The molecule has 1 aromatic heterocycles. The zero-order chi connectivity index (χ0) is 24.8. The Balaban J connectivity index is 0.00000432. The van der Waals surface area contributed by atoms with Crippen molar-refractivity contribution in [3.05, 3.63) is 101 Å². The Morgan fingerprint density at radius 1 is 0.730 bits per heavy atom. The van der Waals surface area contributed by atoms with E-state index in [9.17, 15) is 0 Å². The average molecular weight is 576 g/mol. The number of aromatic nitrogens is 1. The summed E-state index contributed by atoms with van der Waals surface area (Å²) >= 11 is 0. The van der Waals surface area contributed by atoms with Crippen LogP contribution in [0.4, 0.5) is 11.4 Å². The molecule has 0 atom stereocenters. The van der Waals surface area contributed by atoms with Gasteiger partial charge in [0.2, 0.25) is 0 Å². The van der Waals surface area contributed by atoms with E-state index in [-0.39, 0.29) is 41.9 Å². The van der Waals surface area contributed by atoms with E-state index in [0.717, 1.165) is 45.3 Å². The Morgan fingerprint density at radius 3 is 1.62 bits per heavy atom. The van der Waals surface area contributed by atoms with Crippen molar-refractivity contribution in [2.24, 2.45) is 9.98 Å². The fraction of sp³-hybridized carbons (Fsp3) is 0.258. The third-order valence-corrected chi connectivity index (χ3v) is 5.87. The molecule has 0 aliphatic rings. The Kier molecular flexibility index (Phi) is 14.6. The Morgan fingerprint density at radius 2 is 1.19 bits per heavy atom. The van der Waals surface area contributed by atoms with Crippen LogP contribution in [0.2, 0.25) is 0 Å². The van der Waals surface area contributed by atoms with Crippen LogP contribution in [0.3, 0.4) is 0 Å². The fourth-order valence-electron chi connectivity index (χ4n) is 3.83. The molecule has 6 heteroatoms. The second-order valence-electron chi connectivity index (χ2n) is 9.16. The van der Waals surface area contributed by atoms with Gasteiger partial charge in [-0.25, -0.2) is 4.98 Å². The SMILES string of the molecule is C=Cc1ccc(/N=C(\C)c2cccc(/C(C)=N/c3c(C(C)C)cc(C=C)cc3C(C)C)n2)cc1.[Cl-].[Cl-].[Fe+2]. The van der Waals surface area contributed by atoms with Crippen molar-refractivity contribution >= 4 is 35.0 Å². The van der Waals surface area contributed by atoms with Crippen LogP contribution in [0.15, 0.2) is 77.7 Å². The Labute approximate surface area is 245 Å². The van der Waals surface area contributed by atoms with Crippen LogP contribution in [0.25, 0.3) is 12.2 Å². The minimum atomic E-state index is 0. The van der Waals surface area contributed by atoms with Crippen LogP contribution in [0.1, 0.15) is 87.0 Å². The first-order chi connectivity index (χ1) is 16.2. The van der Waals surface area contributed by atoms with Crippen molar-refractivity contribution in [1.29, 1.82) is 0 Å². The van der Waals surface area contributed by atoms with Gasteiger partial charge in [-0.1, -0.05) is 71.2 Å². The summed E-state index contributed by atoms with van der Waals surface area (Å²) in [6.45, 7) is 20.6. The summed E-state index contributed by atoms with van der Waals surface area (Å²) in [6, 6.07) is 18.4. The van der Waals surface area contributed by atoms with Gasteiger partial charge in [-0.15, -0.1) is 0 Å². The van der Waals surface area contributed by atoms with Crippen molar-refractivity contribution in [3.63, 3.8) is 0 Å². The summed E-state index contributed by atoms with van der Waals surface area (Å²) < 4.78 is 0. The van der Waals surface area contributed by atoms with E-state index in [4.69, 9.17) is 15.0 Å². The van der Waals surface area contributed by atoms with E-state index in [0.29, 0.717) is 11.8 Å². The molecule has 0 bridgehead atoms. The van der Waals surface area contributed by atoms with E-state index >= 15 is 0 Å². The van der Waals surface area contributed by atoms with Gasteiger partial charge in [-0.05, 0) is 84.3 Å². The van der Waals surface area contributed by atoms with Crippen LogP contribution in [0.5, 0.6) is 0 Å². The summed E-state index contributed by atoms with van der Waals surface area (Å²) in [5.41, 5.74) is 10.1. The average Bonchev–Trinajstić information content (AvgIpc) is 2.84. The molecule has 3 aromatic rings. The first-order valence-electron chi connectivity index (χ1n) is 11.8. The zero-order valence-electron chi connectivity index (χ0n) is 22.4. The molecule has 0 radical (unpaired) electrons. The Hall–Kier alpha value is -2.49. The third kappa shape index (κ3) is 8.79. The van der Waals surface area contributed by atoms with Crippen molar-refractivity contribution in [3.8, 4) is 0 Å². The van der Waals surface area contributed by atoms with E-state index in [1.165, 1.54) is 11.1 Å². The minimum Gasteiger partial charge on any atom is -1.00 e. The van der Waals surface area contributed by atoms with Gasteiger partial charge in [0, 0.05) is 0 Å². The van der Waals surface area contributed by atoms with Crippen molar-refractivity contribution in [2.75, 3.05) is 0 Å². The molecule has 0 fully saturated rings. The summed E-state index contributed by atoms with van der Waals surface area (Å²) in [6.07, 6.45) is 3.74. The molecule has 196 valence electrons. The Bertz CT molecular complexity index is 1230. The van der Waals surface area contributed by atoms with E-state index in [1.54, 1.807) is 0 Å². The number of rotatable bonds is 8. The molecule has 0 aliphatic heterocycles. The van der Waals surface area contributed by atoms with Crippen molar-refractivity contribution < 1.29 is 41.9 Å². The van der Waals surface area contributed by atoms with Crippen LogP contribution < -0.4 is 24.8 Å². The number of pyridine rings is 1. The molecular weight excluding hydrogens is 541 g/mol. The smallest absolute Gasteiger partial charge is 1.00 e. The first kappa shape index (κ1) is 34.5. The monoisotopic (exact) mass is 575 g/mol. The number of nitrogens with zero attached hydrogens (tertiary/aromatic N) is 3. The van der Waals surface area contributed by atoms with Gasteiger partial charge in [-0.3, -0.25) is 9.98 Å². The molecule has 2 aromatic carbocycles. The summed E-state index contributed by atoms with van der Waals surface area (Å²) in [5, 5.41) is 0. The molecule has 0 saturated carbocycles. The molecule has 0 saturated heterocycles. The van der Waals surface area contributed by atoms with Crippen LogP contribution in [-0.4, -0.2) is 16.4 Å². The van der Waals surface area contributed by atoms with Gasteiger partial charge in [0.25, 0.3) is 0 Å². The largest absolute Gasteiger partial charge is 2.00 e. The normalized spacial score (nSPS) is 11.4. The number of halogens is 2. The van der Waals surface area contributed by atoms with Gasteiger partial charge < -0.3 is 24.8 Å². The molecule has 0 amide bonds. The maximum atomic E-state index is 5.12. The third-order valence-electron chi connectivity index (χ3n) is 5.87. The topological polar surface area (TPSA) is 37.6 Å². The summed E-state index contributed by atoms with van der Waals surface area (Å²) in [4.78, 5) is 14.8. The molecular formula is C31H35Cl2FeN3. The van der Waals surface area contributed by atoms with Gasteiger partial charge in [0.15, 0.2) is 0 Å². The zero-order valence-corrected chi connectivity index (χ0v) is 25.0. The van der Waals surface area contributed by atoms with Crippen molar-refractivity contribution in [2.45, 2.75) is 53.4 Å². The van der Waals surface area contributed by atoms with Crippen molar-refractivity contribution in [1.82, 2.24) is 4.98 Å².